The lowest BCUT2D eigenvalue weighted by Crippen LogP contribution is -2.28. The maximum absolute atomic E-state index is 12.0. The monoisotopic (exact) mass is 290 g/mol. The number of hydrogen-bond acceptors (Lipinski definition) is 3. The van der Waals surface area contributed by atoms with Crippen LogP contribution in [0.15, 0.2) is 48.5 Å². The summed E-state index contributed by atoms with van der Waals surface area (Å²) in [5, 5.41) is 12.8. The zero-order valence-electron chi connectivity index (χ0n) is 10.7. The molecule has 0 aliphatic carbocycles. The topological polar surface area (TPSA) is 75.4 Å². The van der Waals surface area contributed by atoms with Crippen molar-refractivity contribution < 1.29 is 9.90 Å². The highest BCUT2D eigenvalue weighted by Gasteiger charge is 2.14. The van der Waals surface area contributed by atoms with Gasteiger partial charge in [0.05, 0.1) is 22.4 Å². The molecular weight excluding hydrogens is 276 g/mol. The summed E-state index contributed by atoms with van der Waals surface area (Å²) in [7, 11) is 0. The molecule has 0 bridgehead atoms. The average molecular weight is 291 g/mol. The minimum Gasteiger partial charge on any atom is -0.398 e. The van der Waals surface area contributed by atoms with Crippen LogP contribution >= 0.6 is 11.6 Å². The fourth-order valence-corrected chi connectivity index (χ4v) is 2.01. The van der Waals surface area contributed by atoms with Crippen LogP contribution in [0.2, 0.25) is 5.02 Å². The number of amides is 1. The molecule has 1 unspecified atom stereocenters. The van der Waals surface area contributed by atoms with Crippen molar-refractivity contribution in [1.29, 1.82) is 0 Å². The van der Waals surface area contributed by atoms with Gasteiger partial charge in [-0.15, -0.1) is 0 Å². The lowest BCUT2D eigenvalue weighted by molar-refractivity contribution is 0.0916. The summed E-state index contributed by atoms with van der Waals surface area (Å²) in [6.45, 7) is 0.105. The van der Waals surface area contributed by atoms with E-state index in [1.807, 2.05) is 18.2 Å². The molecule has 4 nitrogen and oxygen atoms in total. The SMILES string of the molecule is Nc1cccc(C(=O)NCC(O)c2ccccc2)c1Cl. The third-order valence-electron chi connectivity index (χ3n) is 2.91. The van der Waals surface area contributed by atoms with Crippen molar-refractivity contribution in [2.45, 2.75) is 6.10 Å². The number of aliphatic hydroxyl groups excluding tert-OH is 1. The highest BCUT2D eigenvalue weighted by molar-refractivity contribution is 6.36. The molecule has 0 aromatic heterocycles. The number of nitrogens with one attached hydrogen (secondary N) is 1. The summed E-state index contributed by atoms with van der Waals surface area (Å²) in [5.74, 6) is -0.364. The van der Waals surface area contributed by atoms with Gasteiger partial charge in [-0.1, -0.05) is 48.0 Å². The Kier molecular flexibility index (Phi) is 4.61. The van der Waals surface area contributed by atoms with Crippen LogP contribution in [-0.2, 0) is 0 Å². The maximum Gasteiger partial charge on any atom is 0.252 e. The van der Waals surface area contributed by atoms with E-state index in [1.165, 1.54) is 0 Å². The van der Waals surface area contributed by atoms with Crippen molar-refractivity contribution in [2.24, 2.45) is 0 Å². The first-order valence-corrected chi connectivity index (χ1v) is 6.52. The van der Waals surface area contributed by atoms with Gasteiger partial charge in [-0.25, -0.2) is 0 Å². The second kappa shape index (κ2) is 6.41. The van der Waals surface area contributed by atoms with Crippen molar-refractivity contribution in [3.8, 4) is 0 Å². The first-order valence-electron chi connectivity index (χ1n) is 6.15. The quantitative estimate of drug-likeness (QED) is 0.757. The standard InChI is InChI=1S/C15H15ClN2O2/c16-14-11(7-4-8-12(14)17)15(20)18-9-13(19)10-5-2-1-3-6-10/h1-8,13,19H,9,17H2,(H,18,20). The van der Waals surface area contributed by atoms with E-state index in [2.05, 4.69) is 5.32 Å². The van der Waals surface area contributed by atoms with E-state index in [9.17, 15) is 9.90 Å². The van der Waals surface area contributed by atoms with Crippen LogP contribution in [0.5, 0.6) is 0 Å². The molecular formula is C15H15ClN2O2. The van der Waals surface area contributed by atoms with Gasteiger partial charge in [-0.3, -0.25) is 4.79 Å². The Hall–Kier alpha value is -2.04. The van der Waals surface area contributed by atoms with E-state index in [0.717, 1.165) is 5.56 Å². The molecule has 0 aliphatic rings. The molecule has 0 aliphatic heterocycles. The number of benzene rings is 2. The Morgan fingerprint density at radius 3 is 2.60 bits per heavy atom. The summed E-state index contributed by atoms with van der Waals surface area (Å²) >= 11 is 5.97. The number of aliphatic hydroxyl groups is 1. The van der Waals surface area contributed by atoms with Crippen LogP contribution in [0.25, 0.3) is 0 Å². The number of anilines is 1. The second-order valence-corrected chi connectivity index (χ2v) is 4.72. The molecule has 0 saturated heterocycles. The van der Waals surface area contributed by atoms with Crippen molar-refractivity contribution in [2.75, 3.05) is 12.3 Å². The number of hydrogen-bond donors (Lipinski definition) is 3. The molecule has 104 valence electrons. The normalized spacial score (nSPS) is 11.9. The highest BCUT2D eigenvalue weighted by Crippen LogP contribution is 2.23. The molecule has 1 atom stereocenters. The summed E-state index contributed by atoms with van der Waals surface area (Å²) in [4.78, 5) is 12.0. The van der Waals surface area contributed by atoms with Crippen LogP contribution in [0, 0.1) is 0 Å². The summed E-state index contributed by atoms with van der Waals surface area (Å²) in [6.07, 6.45) is -0.764. The number of nitrogen functional groups attached to an aromatic ring is 1. The van der Waals surface area contributed by atoms with E-state index < -0.39 is 6.10 Å². The lowest BCUT2D eigenvalue weighted by atomic mass is 10.1. The van der Waals surface area contributed by atoms with Crippen LogP contribution in [0.3, 0.4) is 0 Å². The summed E-state index contributed by atoms with van der Waals surface area (Å²) in [5.41, 5.74) is 7.03. The Morgan fingerprint density at radius 2 is 1.90 bits per heavy atom. The number of rotatable bonds is 4. The molecule has 0 fully saturated rings. The van der Waals surface area contributed by atoms with Gasteiger partial charge in [0, 0.05) is 6.54 Å². The Bertz CT molecular complexity index is 602. The van der Waals surface area contributed by atoms with E-state index in [1.54, 1.807) is 30.3 Å². The first kappa shape index (κ1) is 14.4. The molecule has 4 N–H and O–H groups in total. The third kappa shape index (κ3) is 3.29. The molecule has 0 radical (unpaired) electrons. The Balaban J connectivity index is 2.01. The van der Waals surface area contributed by atoms with Crippen molar-refractivity contribution >= 4 is 23.2 Å². The number of nitrogens with two attached hydrogens (primary N) is 1. The molecule has 0 spiro atoms. The smallest absolute Gasteiger partial charge is 0.252 e. The minimum absolute atomic E-state index is 0.105. The van der Waals surface area contributed by atoms with Gasteiger partial charge < -0.3 is 16.2 Å². The minimum atomic E-state index is -0.764. The van der Waals surface area contributed by atoms with E-state index in [4.69, 9.17) is 17.3 Å². The molecule has 5 heteroatoms. The molecule has 2 rings (SSSR count). The number of carbonyl (C=O) groups is 1. The Morgan fingerprint density at radius 1 is 1.20 bits per heavy atom. The third-order valence-corrected chi connectivity index (χ3v) is 3.34. The van der Waals surface area contributed by atoms with E-state index >= 15 is 0 Å². The molecule has 20 heavy (non-hydrogen) atoms. The van der Waals surface area contributed by atoms with Crippen molar-refractivity contribution in [3.63, 3.8) is 0 Å². The van der Waals surface area contributed by atoms with Gasteiger partial charge in [-0.2, -0.15) is 0 Å². The van der Waals surface area contributed by atoms with Crippen LogP contribution in [0.1, 0.15) is 22.0 Å². The van der Waals surface area contributed by atoms with Crippen LogP contribution in [-0.4, -0.2) is 17.6 Å². The highest BCUT2D eigenvalue weighted by atomic mass is 35.5. The number of halogens is 1. The van der Waals surface area contributed by atoms with Gasteiger partial charge in [0.1, 0.15) is 0 Å². The molecule has 1 amide bonds. The summed E-state index contributed by atoms with van der Waals surface area (Å²) < 4.78 is 0. The first-order chi connectivity index (χ1) is 9.59. The van der Waals surface area contributed by atoms with Gasteiger partial charge in [-0.05, 0) is 17.7 Å². The molecule has 0 saturated carbocycles. The van der Waals surface area contributed by atoms with E-state index in [0.29, 0.717) is 11.3 Å². The van der Waals surface area contributed by atoms with Gasteiger partial charge in [0.25, 0.3) is 5.91 Å². The number of carbonyl (C=O) groups excluding carboxylic acids is 1. The molecule has 0 heterocycles. The maximum atomic E-state index is 12.0. The van der Waals surface area contributed by atoms with Gasteiger partial charge in [0.15, 0.2) is 0 Å². The van der Waals surface area contributed by atoms with Crippen LogP contribution in [0.4, 0.5) is 5.69 Å². The van der Waals surface area contributed by atoms with Crippen molar-refractivity contribution in [1.82, 2.24) is 5.32 Å². The zero-order valence-corrected chi connectivity index (χ0v) is 11.5. The van der Waals surface area contributed by atoms with Crippen LogP contribution < -0.4 is 11.1 Å². The fraction of sp³-hybridized carbons (Fsp3) is 0.133. The summed E-state index contributed by atoms with van der Waals surface area (Å²) in [6, 6.07) is 14.0. The van der Waals surface area contributed by atoms with Crippen molar-refractivity contribution in [3.05, 3.63) is 64.7 Å². The van der Waals surface area contributed by atoms with Gasteiger partial charge >= 0.3 is 0 Å². The average Bonchev–Trinajstić information content (AvgIpc) is 2.48. The molecule has 2 aromatic carbocycles. The predicted octanol–water partition coefficient (Wildman–Crippen LogP) is 2.39. The second-order valence-electron chi connectivity index (χ2n) is 4.35. The largest absolute Gasteiger partial charge is 0.398 e. The fourth-order valence-electron chi connectivity index (χ4n) is 1.80. The zero-order chi connectivity index (χ0) is 14.5. The van der Waals surface area contributed by atoms with E-state index in [-0.39, 0.29) is 17.5 Å². The predicted molar refractivity (Wildman–Crippen MR) is 79.6 cm³/mol. The Labute approximate surface area is 122 Å². The molecule has 2 aromatic rings. The van der Waals surface area contributed by atoms with Gasteiger partial charge in [0.2, 0.25) is 0 Å². The lowest BCUT2D eigenvalue weighted by Gasteiger charge is -2.13.